The van der Waals surface area contributed by atoms with Gasteiger partial charge < -0.3 is 29.6 Å². The lowest BCUT2D eigenvalue weighted by Gasteiger charge is -2.36. The number of aromatic nitrogens is 1. The van der Waals surface area contributed by atoms with Crippen LogP contribution in [0.2, 0.25) is 0 Å². The molecule has 14 heteroatoms. The summed E-state index contributed by atoms with van der Waals surface area (Å²) in [6.45, 7) is 4.01. The Bertz CT molecular complexity index is 1640. The zero-order valence-corrected chi connectivity index (χ0v) is 25.5. The highest BCUT2D eigenvalue weighted by molar-refractivity contribution is 7.72. The number of likely N-dealkylation sites (tertiary alicyclic amines) is 1. The van der Waals surface area contributed by atoms with Crippen LogP contribution in [0.3, 0.4) is 0 Å². The molecule has 9 nitrogen and oxygen atoms in total. The van der Waals surface area contributed by atoms with Gasteiger partial charge in [0.25, 0.3) is 0 Å². The summed E-state index contributed by atoms with van der Waals surface area (Å²) in [5, 5.41) is 6.56. The predicted molar refractivity (Wildman–Crippen MR) is 160 cm³/mol. The van der Waals surface area contributed by atoms with Crippen LogP contribution in [0.5, 0.6) is 5.75 Å². The van der Waals surface area contributed by atoms with E-state index in [1.54, 1.807) is 39.0 Å². The molecule has 44 heavy (non-hydrogen) atoms. The molecule has 1 aromatic heterocycles. The number of alkyl halides is 4. The second kappa shape index (κ2) is 13.3. The van der Waals surface area contributed by atoms with Crippen LogP contribution in [0.4, 0.5) is 33.7 Å². The number of thiol groups is 1. The molecule has 3 aromatic rings. The third-order valence-electron chi connectivity index (χ3n) is 6.80. The molecule has 0 aliphatic carbocycles. The van der Waals surface area contributed by atoms with Gasteiger partial charge in [-0.1, -0.05) is 12.0 Å². The van der Waals surface area contributed by atoms with Gasteiger partial charge in [-0.3, -0.25) is 0 Å². The lowest BCUT2D eigenvalue weighted by atomic mass is 10.0. The Kier molecular flexibility index (Phi) is 9.88. The van der Waals surface area contributed by atoms with E-state index in [0.717, 1.165) is 4.57 Å². The van der Waals surface area contributed by atoms with Crippen molar-refractivity contribution in [1.82, 2.24) is 9.47 Å². The quantitative estimate of drug-likeness (QED) is 0.181. The van der Waals surface area contributed by atoms with Crippen molar-refractivity contribution in [2.45, 2.75) is 62.6 Å². The number of methoxy groups -OCH3 is 1. The van der Waals surface area contributed by atoms with Gasteiger partial charge in [0.1, 0.15) is 24.1 Å². The third-order valence-corrected chi connectivity index (χ3v) is 7.50. The number of anilines is 2. The Morgan fingerprint density at radius 1 is 1.11 bits per heavy atom. The Morgan fingerprint density at radius 2 is 1.86 bits per heavy atom. The fraction of sp³-hybridized carbons (Fsp3) is 0.433. The first-order valence-electron chi connectivity index (χ1n) is 13.8. The van der Waals surface area contributed by atoms with Gasteiger partial charge in [0.15, 0.2) is 10.7 Å². The lowest BCUT2D eigenvalue weighted by Crippen LogP contribution is -2.51. The van der Waals surface area contributed by atoms with E-state index in [1.165, 1.54) is 36.3 Å². The molecule has 2 heterocycles. The number of nitrogens with one attached hydrogen (secondary N) is 2. The summed E-state index contributed by atoms with van der Waals surface area (Å²) in [5.41, 5.74) is 0.576. The van der Waals surface area contributed by atoms with E-state index in [9.17, 15) is 26.4 Å². The standard InChI is InChI=1S/C30H34F4N4O5S/c1-29(2,3)43-28(39)37-14-12-24(22(31)17-37)36-23-8-5-9-26-21(23)15-19(38(26)18-30(32,33)34)7-6-13-35-25-11-10-20(44(40)41)16-27(25)42-4/h5,8-11,15-16,22,24,35-36,44H,12-14,17-18H2,1-4H3/t22-,24+/m0/s1. The molecule has 1 aliphatic rings. The van der Waals surface area contributed by atoms with Crippen LogP contribution in [0, 0.1) is 11.8 Å². The van der Waals surface area contributed by atoms with Crippen molar-refractivity contribution >= 4 is 39.1 Å². The highest BCUT2D eigenvalue weighted by Crippen LogP contribution is 2.32. The van der Waals surface area contributed by atoms with E-state index >= 15 is 4.39 Å². The first kappa shape index (κ1) is 32.8. The number of rotatable bonds is 7. The summed E-state index contributed by atoms with van der Waals surface area (Å²) in [4.78, 5) is 13.8. The molecule has 2 aromatic carbocycles. The molecule has 0 bridgehead atoms. The Balaban J connectivity index is 1.55. The first-order valence-corrected chi connectivity index (χ1v) is 15.0. The van der Waals surface area contributed by atoms with Crippen molar-refractivity contribution in [2.24, 2.45) is 0 Å². The number of ether oxygens (including phenoxy) is 2. The second-order valence-electron chi connectivity index (χ2n) is 11.2. The van der Waals surface area contributed by atoms with E-state index in [4.69, 9.17) is 9.47 Å². The number of carbonyl (C=O) groups excluding carboxylic acids is 1. The van der Waals surface area contributed by atoms with Crippen molar-refractivity contribution in [3.63, 3.8) is 0 Å². The summed E-state index contributed by atoms with van der Waals surface area (Å²) in [7, 11) is -1.42. The number of fused-ring (bicyclic) bond motifs is 1. The fourth-order valence-corrected chi connectivity index (χ4v) is 5.26. The van der Waals surface area contributed by atoms with Crippen molar-refractivity contribution in [2.75, 3.05) is 37.4 Å². The molecule has 0 radical (unpaired) electrons. The number of benzene rings is 2. The fourth-order valence-electron chi connectivity index (χ4n) is 4.84. The van der Waals surface area contributed by atoms with Crippen LogP contribution in [0.25, 0.3) is 10.9 Å². The maximum Gasteiger partial charge on any atom is 0.410 e. The minimum Gasteiger partial charge on any atom is -0.495 e. The number of hydrogen-bond acceptors (Lipinski definition) is 7. The maximum absolute atomic E-state index is 15.2. The van der Waals surface area contributed by atoms with Gasteiger partial charge in [-0.25, -0.2) is 17.6 Å². The molecule has 0 unspecified atom stereocenters. The summed E-state index contributed by atoms with van der Waals surface area (Å²) in [6, 6.07) is 9.90. The molecule has 0 spiro atoms. The van der Waals surface area contributed by atoms with Crippen LogP contribution in [0.15, 0.2) is 47.4 Å². The molecule has 2 N–H and O–H groups in total. The van der Waals surface area contributed by atoms with Crippen LogP contribution in [0.1, 0.15) is 32.9 Å². The molecule has 1 saturated heterocycles. The van der Waals surface area contributed by atoms with Crippen LogP contribution < -0.4 is 15.4 Å². The number of nitrogens with zero attached hydrogens (tertiary/aromatic N) is 2. The van der Waals surface area contributed by atoms with E-state index in [0.29, 0.717) is 16.8 Å². The van der Waals surface area contributed by atoms with Gasteiger partial charge in [-0.05, 0) is 63.4 Å². The van der Waals surface area contributed by atoms with Crippen LogP contribution in [-0.4, -0.2) is 74.7 Å². The summed E-state index contributed by atoms with van der Waals surface area (Å²) in [6.07, 6.45) is -6.29. The smallest absolute Gasteiger partial charge is 0.410 e. The molecule has 2 atom stereocenters. The molecule has 0 saturated carbocycles. The van der Waals surface area contributed by atoms with Gasteiger partial charge in [0.05, 0.1) is 48.0 Å². The minimum atomic E-state index is -4.53. The van der Waals surface area contributed by atoms with Crippen LogP contribution in [-0.2, 0) is 22.0 Å². The SMILES string of the molecule is COc1cc([SH](=O)=O)ccc1NCC#Cc1cc2c(N[C@@H]3CCN(C(=O)OC(C)(C)C)C[C@@H]3F)cccc2n1CC(F)(F)F. The van der Waals surface area contributed by atoms with Crippen molar-refractivity contribution < 1.29 is 40.2 Å². The van der Waals surface area contributed by atoms with Gasteiger partial charge in [-0.2, -0.15) is 13.2 Å². The molecular formula is C30H34F4N4O5S. The molecule has 238 valence electrons. The Labute approximate surface area is 254 Å². The number of hydrogen-bond donors (Lipinski definition) is 3. The number of piperidine rings is 1. The van der Waals surface area contributed by atoms with Crippen molar-refractivity contribution in [3.05, 3.63) is 48.2 Å². The lowest BCUT2D eigenvalue weighted by molar-refractivity contribution is -0.140. The third kappa shape index (κ3) is 8.28. The van der Waals surface area contributed by atoms with Gasteiger partial charge in [0.2, 0.25) is 0 Å². The monoisotopic (exact) mass is 638 g/mol. The minimum absolute atomic E-state index is 0.0254. The molecular weight excluding hydrogens is 604 g/mol. The van der Waals surface area contributed by atoms with Gasteiger partial charge in [-0.15, -0.1) is 0 Å². The molecule has 1 amide bonds. The van der Waals surface area contributed by atoms with E-state index in [2.05, 4.69) is 22.5 Å². The summed E-state index contributed by atoms with van der Waals surface area (Å²) >= 11 is 0. The van der Waals surface area contributed by atoms with E-state index < -0.39 is 47.3 Å². The highest BCUT2D eigenvalue weighted by Gasteiger charge is 2.34. The second-order valence-corrected chi connectivity index (χ2v) is 12.3. The molecule has 4 rings (SSSR count). The topological polar surface area (TPSA) is 102 Å². The van der Waals surface area contributed by atoms with E-state index in [1.807, 2.05) is 0 Å². The highest BCUT2D eigenvalue weighted by atomic mass is 32.2. The Hall–Kier alpha value is -4.12. The molecule has 1 fully saturated rings. The van der Waals surface area contributed by atoms with Crippen molar-refractivity contribution in [1.29, 1.82) is 0 Å². The average Bonchev–Trinajstić information content (AvgIpc) is 3.27. The normalized spacial score (nSPS) is 17.2. The molecule has 1 aliphatic heterocycles. The van der Waals surface area contributed by atoms with Crippen molar-refractivity contribution in [3.8, 4) is 17.6 Å². The summed E-state index contributed by atoms with van der Waals surface area (Å²) in [5.74, 6) is 5.88. The largest absolute Gasteiger partial charge is 0.495 e. The predicted octanol–water partition coefficient (Wildman–Crippen LogP) is 5.41. The van der Waals surface area contributed by atoms with Gasteiger partial charge in [0, 0.05) is 23.7 Å². The maximum atomic E-state index is 15.2. The zero-order chi connectivity index (χ0) is 32.2. The van der Waals surface area contributed by atoms with Crippen LogP contribution >= 0.6 is 0 Å². The number of carbonyl (C=O) groups is 1. The summed E-state index contributed by atoms with van der Waals surface area (Å²) < 4.78 is 90.1. The Morgan fingerprint density at radius 3 is 2.50 bits per heavy atom. The first-order chi connectivity index (χ1) is 20.6. The van der Waals surface area contributed by atoms with E-state index in [-0.39, 0.29) is 47.9 Å². The average molecular weight is 639 g/mol. The number of amides is 1. The zero-order valence-electron chi connectivity index (χ0n) is 24.6. The number of halogens is 4. The van der Waals surface area contributed by atoms with Gasteiger partial charge >= 0.3 is 12.3 Å².